The number of aromatic nitrogens is 1. The lowest BCUT2D eigenvalue weighted by Crippen LogP contribution is -2.53. The van der Waals surface area contributed by atoms with Crippen LogP contribution in [-0.4, -0.2) is 27.3 Å². The summed E-state index contributed by atoms with van der Waals surface area (Å²) in [6.07, 6.45) is 2.91. The van der Waals surface area contributed by atoms with E-state index in [9.17, 15) is 14.4 Å². The molecule has 3 aromatic rings. The Kier molecular flexibility index (Phi) is 5.47. The molecule has 0 saturated carbocycles. The van der Waals surface area contributed by atoms with Crippen molar-refractivity contribution in [1.29, 1.82) is 0 Å². The van der Waals surface area contributed by atoms with Gasteiger partial charge in [-0.2, -0.15) is 0 Å². The minimum atomic E-state index is -0.792. The predicted octanol–water partition coefficient (Wildman–Crippen LogP) is 4.66. The molecular weight excluding hydrogens is 441 g/mol. The zero-order valence-electron chi connectivity index (χ0n) is 16.6. The number of nitrogens with one attached hydrogen (secondary N) is 1. The number of hydrogen-bond donors (Lipinski definition) is 1. The van der Waals surface area contributed by atoms with E-state index >= 15 is 0 Å². The van der Waals surface area contributed by atoms with Gasteiger partial charge in [0.2, 0.25) is 0 Å². The summed E-state index contributed by atoms with van der Waals surface area (Å²) in [4.78, 5) is 38.5. The number of hydrogen-bond acceptors (Lipinski definition) is 4. The van der Waals surface area contributed by atoms with Gasteiger partial charge in [-0.1, -0.05) is 23.2 Å². The molecule has 0 unspecified atom stereocenters. The van der Waals surface area contributed by atoms with Gasteiger partial charge in [0.1, 0.15) is 11.3 Å². The Balaban J connectivity index is 1.74. The SMILES string of the molecule is Cc1cc(C=C2C(=O)NC(=O)N(Cc3ccco3)C2=O)c(C)n1-c1cc(Cl)ccc1Cl. The second kappa shape index (κ2) is 8.09. The molecule has 0 bridgehead atoms. The van der Waals surface area contributed by atoms with Crippen LogP contribution in [-0.2, 0) is 16.1 Å². The summed E-state index contributed by atoms with van der Waals surface area (Å²) in [6.45, 7) is 3.63. The molecule has 2 aromatic heterocycles. The lowest BCUT2D eigenvalue weighted by atomic mass is 10.1. The summed E-state index contributed by atoms with van der Waals surface area (Å²) in [5.74, 6) is -1.03. The molecule has 7 nitrogen and oxygen atoms in total. The van der Waals surface area contributed by atoms with Crippen LogP contribution in [0, 0.1) is 13.8 Å². The number of amides is 4. The van der Waals surface area contributed by atoms with Crippen molar-refractivity contribution in [3.63, 3.8) is 0 Å². The van der Waals surface area contributed by atoms with Crippen molar-refractivity contribution >= 4 is 47.1 Å². The first-order valence-electron chi connectivity index (χ1n) is 9.32. The summed E-state index contributed by atoms with van der Waals surface area (Å²) in [7, 11) is 0. The Bertz CT molecular complexity index is 1240. The van der Waals surface area contributed by atoms with Gasteiger partial charge < -0.3 is 8.98 Å². The topological polar surface area (TPSA) is 84.6 Å². The molecule has 1 aromatic carbocycles. The van der Waals surface area contributed by atoms with E-state index in [2.05, 4.69) is 5.32 Å². The minimum absolute atomic E-state index is 0.0839. The first-order valence-corrected chi connectivity index (χ1v) is 10.1. The highest BCUT2D eigenvalue weighted by atomic mass is 35.5. The van der Waals surface area contributed by atoms with Crippen LogP contribution in [0.25, 0.3) is 11.8 Å². The second-order valence-corrected chi connectivity index (χ2v) is 7.89. The van der Waals surface area contributed by atoms with Gasteiger partial charge in [-0.3, -0.25) is 19.8 Å². The van der Waals surface area contributed by atoms with Gasteiger partial charge in [0.05, 0.1) is 23.5 Å². The van der Waals surface area contributed by atoms with Crippen molar-refractivity contribution in [2.24, 2.45) is 0 Å². The number of rotatable bonds is 4. The van der Waals surface area contributed by atoms with E-state index in [1.54, 1.807) is 30.3 Å². The zero-order valence-corrected chi connectivity index (χ0v) is 18.1. The summed E-state index contributed by atoms with van der Waals surface area (Å²) in [5, 5.41) is 3.24. The highest BCUT2D eigenvalue weighted by Crippen LogP contribution is 2.30. The lowest BCUT2D eigenvalue weighted by Gasteiger charge is -2.25. The largest absolute Gasteiger partial charge is 0.467 e. The fraction of sp³-hybridized carbons (Fsp3) is 0.136. The number of carbonyl (C=O) groups is 3. The van der Waals surface area contributed by atoms with Crippen molar-refractivity contribution in [3.05, 3.63) is 81.0 Å². The maximum absolute atomic E-state index is 12.9. The number of aryl methyl sites for hydroxylation is 1. The monoisotopic (exact) mass is 457 g/mol. The van der Waals surface area contributed by atoms with Crippen LogP contribution in [0.5, 0.6) is 0 Å². The molecule has 158 valence electrons. The summed E-state index contributed by atoms with van der Waals surface area (Å²) in [5.41, 5.74) is 2.76. The van der Waals surface area contributed by atoms with E-state index in [0.717, 1.165) is 16.3 Å². The standard InChI is InChI=1S/C22H17Cl2N3O4/c1-12-8-14(13(2)27(12)19-10-15(23)5-6-18(19)24)9-17-20(28)25-22(30)26(21(17)29)11-16-4-3-7-31-16/h3-10H,11H2,1-2H3,(H,25,28,30). The van der Waals surface area contributed by atoms with E-state index < -0.39 is 17.8 Å². The molecule has 9 heteroatoms. The van der Waals surface area contributed by atoms with Crippen LogP contribution in [0.2, 0.25) is 10.0 Å². The lowest BCUT2D eigenvalue weighted by molar-refractivity contribution is -0.130. The maximum Gasteiger partial charge on any atom is 0.331 e. The van der Waals surface area contributed by atoms with Crippen LogP contribution in [0.4, 0.5) is 4.79 Å². The second-order valence-electron chi connectivity index (χ2n) is 7.05. The van der Waals surface area contributed by atoms with Gasteiger partial charge in [0.25, 0.3) is 11.8 Å². The zero-order chi connectivity index (χ0) is 22.3. The van der Waals surface area contributed by atoms with Gasteiger partial charge in [-0.05, 0) is 61.9 Å². The molecule has 1 fully saturated rings. The van der Waals surface area contributed by atoms with Crippen molar-refractivity contribution in [2.45, 2.75) is 20.4 Å². The molecule has 1 aliphatic heterocycles. The number of halogens is 2. The third-order valence-corrected chi connectivity index (χ3v) is 5.55. The Labute approximate surface area is 187 Å². The van der Waals surface area contributed by atoms with E-state index in [4.69, 9.17) is 27.6 Å². The number of barbiturate groups is 1. The Morgan fingerprint density at radius 3 is 2.58 bits per heavy atom. The molecule has 1 aliphatic rings. The molecule has 1 N–H and O–H groups in total. The first kappa shape index (κ1) is 21.0. The van der Waals surface area contributed by atoms with E-state index in [1.807, 2.05) is 24.5 Å². The van der Waals surface area contributed by atoms with Crippen molar-refractivity contribution < 1.29 is 18.8 Å². The Morgan fingerprint density at radius 2 is 1.87 bits per heavy atom. The minimum Gasteiger partial charge on any atom is -0.467 e. The first-order chi connectivity index (χ1) is 14.8. The molecule has 4 amide bonds. The third kappa shape index (κ3) is 3.89. The number of carbonyl (C=O) groups excluding carboxylic acids is 3. The highest BCUT2D eigenvalue weighted by Gasteiger charge is 2.36. The Morgan fingerprint density at radius 1 is 1.10 bits per heavy atom. The van der Waals surface area contributed by atoms with Crippen LogP contribution in [0.15, 0.2) is 52.7 Å². The van der Waals surface area contributed by atoms with Crippen LogP contribution in [0.3, 0.4) is 0 Å². The molecule has 1 saturated heterocycles. The quantitative estimate of drug-likeness (QED) is 0.456. The average Bonchev–Trinajstić information content (AvgIpc) is 3.32. The fourth-order valence-electron chi connectivity index (χ4n) is 3.51. The van der Waals surface area contributed by atoms with Gasteiger partial charge in [0.15, 0.2) is 0 Å². The Hall–Kier alpha value is -3.29. The van der Waals surface area contributed by atoms with E-state index in [0.29, 0.717) is 27.1 Å². The van der Waals surface area contributed by atoms with Crippen LogP contribution >= 0.6 is 23.2 Å². The number of benzene rings is 1. The average molecular weight is 458 g/mol. The molecule has 0 atom stereocenters. The molecule has 0 aliphatic carbocycles. The molecular formula is C22H17Cl2N3O4. The van der Waals surface area contributed by atoms with Gasteiger partial charge in [-0.15, -0.1) is 0 Å². The van der Waals surface area contributed by atoms with Crippen molar-refractivity contribution in [3.8, 4) is 5.69 Å². The summed E-state index contributed by atoms with van der Waals surface area (Å²) < 4.78 is 7.10. The van der Waals surface area contributed by atoms with Gasteiger partial charge in [0, 0.05) is 16.4 Å². The summed E-state index contributed by atoms with van der Waals surface area (Å²) in [6, 6.07) is 9.46. The molecule has 4 rings (SSSR count). The number of furan rings is 1. The van der Waals surface area contributed by atoms with Crippen molar-refractivity contribution in [2.75, 3.05) is 0 Å². The third-order valence-electron chi connectivity index (χ3n) is 5.00. The molecule has 0 radical (unpaired) electrons. The maximum atomic E-state index is 12.9. The predicted molar refractivity (Wildman–Crippen MR) is 116 cm³/mol. The fourth-order valence-corrected chi connectivity index (χ4v) is 3.88. The number of imide groups is 2. The number of urea groups is 1. The van der Waals surface area contributed by atoms with Crippen molar-refractivity contribution in [1.82, 2.24) is 14.8 Å². The highest BCUT2D eigenvalue weighted by molar-refractivity contribution is 6.34. The van der Waals surface area contributed by atoms with Gasteiger partial charge >= 0.3 is 6.03 Å². The van der Waals surface area contributed by atoms with Gasteiger partial charge in [-0.25, -0.2) is 4.79 Å². The smallest absolute Gasteiger partial charge is 0.331 e. The van der Waals surface area contributed by atoms with E-state index in [-0.39, 0.29) is 12.1 Å². The summed E-state index contributed by atoms with van der Waals surface area (Å²) >= 11 is 12.5. The number of nitrogens with zero attached hydrogens (tertiary/aromatic N) is 2. The van der Waals surface area contributed by atoms with Crippen LogP contribution < -0.4 is 5.32 Å². The normalized spacial score (nSPS) is 15.7. The molecule has 0 spiro atoms. The van der Waals surface area contributed by atoms with E-state index in [1.165, 1.54) is 12.3 Å². The van der Waals surface area contributed by atoms with Crippen LogP contribution in [0.1, 0.15) is 22.7 Å². The molecule has 3 heterocycles. The molecule has 31 heavy (non-hydrogen) atoms.